The molecule has 98 valence electrons. The molecule has 1 aliphatic rings. The summed E-state index contributed by atoms with van der Waals surface area (Å²) in [5.74, 6) is 0.0918. The van der Waals surface area contributed by atoms with E-state index in [-0.39, 0.29) is 5.78 Å². The number of nitrogens with zero attached hydrogens (tertiary/aromatic N) is 1. The zero-order valence-corrected chi connectivity index (χ0v) is 11.8. The molecule has 3 heteroatoms. The minimum Gasteiger partial charge on any atom is -0.378 e. The van der Waals surface area contributed by atoms with Crippen LogP contribution in [-0.2, 0) is 0 Å². The van der Waals surface area contributed by atoms with Crippen LogP contribution >= 0.6 is 11.6 Å². The summed E-state index contributed by atoms with van der Waals surface area (Å²) >= 11 is 6.50. The summed E-state index contributed by atoms with van der Waals surface area (Å²) in [5.41, 5.74) is 1.83. The van der Waals surface area contributed by atoms with Gasteiger partial charge >= 0.3 is 0 Å². The Morgan fingerprint density at radius 2 is 1.67 bits per heavy atom. The van der Waals surface area contributed by atoms with Crippen LogP contribution in [-0.4, -0.2) is 24.8 Å². The summed E-state index contributed by atoms with van der Waals surface area (Å²) in [7, 11) is 3.97. The summed E-state index contributed by atoms with van der Waals surface area (Å²) in [5, 5.41) is 0. The molecule has 1 saturated carbocycles. The molecular weight excluding hydrogens is 246 g/mol. The van der Waals surface area contributed by atoms with E-state index in [4.69, 9.17) is 11.6 Å². The molecule has 0 heterocycles. The van der Waals surface area contributed by atoms with E-state index in [9.17, 15) is 4.79 Å². The van der Waals surface area contributed by atoms with Crippen molar-refractivity contribution in [3.8, 4) is 0 Å². The predicted molar refractivity (Wildman–Crippen MR) is 76.8 cm³/mol. The van der Waals surface area contributed by atoms with Gasteiger partial charge in [0.2, 0.25) is 0 Å². The summed E-state index contributed by atoms with van der Waals surface area (Å²) < 4.78 is 0. The zero-order valence-electron chi connectivity index (χ0n) is 11.1. The molecular formula is C15H20ClNO. The average Bonchev–Trinajstić information content (AvgIpc) is 2.39. The number of halogens is 1. The van der Waals surface area contributed by atoms with Crippen LogP contribution in [0.5, 0.6) is 0 Å². The molecule has 0 atom stereocenters. The molecule has 0 aliphatic heterocycles. The van der Waals surface area contributed by atoms with Crippen LogP contribution in [0.2, 0.25) is 0 Å². The average molecular weight is 266 g/mol. The Hall–Kier alpha value is -1.02. The fraction of sp³-hybridized carbons (Fsp3) is 0.533. The van der Waals surface area contributed by atoms with Gasteiger partial charge in [-0.1, -0.05) is 19.3 Å². The SMILES string of the molecule is CN(C)c1ccc(C(=O)C2(Cl)CCCCC2)cc1. The Labute approximate surface area is 114 Å². The first-order valence-corrected chi connectivity index (χ1v) is 6.92. The maximum absolute atomic E-state index is 12.5. The van der Waals surface area contributed by atoms with Crippen molar-refractivity contribution in [3.05, 3.63) is 29.8 Å². The molecule has 0 saturated heterocycles. The van der Waals surface area contributed by atoms with Crippen molar-refractivity contribution < 1.29 is 4.79 Å². The highest BCUT2D eigenvalue weighted by Gasteiger charge is 2.37. The third-order valence-electron chi connectivity index (χ3n) is 3.70. The first kappa shape index (κ1) is 13.4. The van der Waals surface area contributed by atoms with Crippen LogP contribution in [0, 0.1) is 0 Å². The molecule has 0 radical (unpaired) electrons. The van der Waals surface area contributed by atoms with Crippen LogP contribution in [0.1, 0.15) is 42.5 Å². The normalized spacial score (nSPS) is 18.4. The molecule has 0 unspecified atom stereocenters. The third kappa shape index (κ3) is 2.69. The van der Waals surface area contributed by atoms with E-state index in [0.29, 0.717) is 0 Å². The van der Waals surface area contributed by atoms with Crippen molar-refractivity contribution in [3.63, 3.8) is 0 Å². The Morgan fingerprint density at radius 1 is 1.11 bits per heavy atom. The van der Waals surface area contributed by atoms with Crippen molar-refractivity contribution in [2.24, 2.45) is 0 Å². The van der Waals surface area contributed by atoms with E-state index < -0.39 is 4.87 Å². The Kier molecular flexibility index (Phi) is 3.96. The Morgan fingerprint density at radius 3 is 2.17 bits per heavy atom. The van der Waals surface area contributed by atoms with Gasteiger partial charge in [-0.3, -0.25) is 4.79 Å². The van der Waals surface area contributed by atoms with Gasteiger partial charge < -0.3 is 4.90 Å². The summed E-state index contributed by atoms with van der Waals surface area (Å²) in [6.45, 7) is 0. The van der Waals surface area contributed by atoms with Gasteiger partial charge in [0, 0.05) is 25.3 Å². The molecule has 2 nitrogen and oxygen atoms in total. The molecule has 1 aliphatic carbocycles. The van der Waals surface area contributed by atoms with Crippen LogP contribution in [0.25, 0.3) is 0 Å². The Bertz CT molecular complexity index is 419. The lowest BCUT2D eigenvalue weighted by Crippen LogP contribution is -2.34. The van der Waals surface area contributed by atoms with E-state index in [1.807, 2.05) is 43.3 Å². The van der Waals surface area contributed by atoms with Gasteiger partial charge in [0.05, 0.1) is 0 Å². The minimum atomic E-state index is -0.655. The lowest BCUT2D eigenvalue weighted by molar-refractivity contribution is 0.0913. The standard InChI is InChI=1S/C15H20ClNO/c1-17(2)13-8-6-12(7-9-13)14(18)15(16)10-4-3-5-11-15/h6-9H,3-5,10-11H2,1-2H3. The maximum Gasteiger partial charge on any atom is 0.183 e. The van der Waals surface area contributed by atoms with E-state index >= 15 is 0 Å². The summed E-state index contributed by atoms with van der Waals surface area (Å²) in [6, 6.07) is 7.71. The highest BCUT2D eigenvalue weighted by molar-refractivity contribution is 6.38. The molecule has 1 aromatic carbocycles. The lowest BCUT2D eigenvalue weighted by atomic mass is 9.83. The molecule has 1 aromatic rings. The fourth-order valence-electron chi connectivity index (χ4n) is 2.51. The fourth-order valence-corrected chi connectivity index (χ4v) is 2.89. The molecule has 0 N–H and O–H groups in total. The minimum absolute atomic E-state index is 0.0918. The van der Waals surface area contributed by atoms with Gasteiger partial charge in [-0.2, -0.15) is 0 Å². The van der Waals surface area contributed by atoms with Gasteiger partial charge in [0.1, 0.15) is 4.87 Å². The predicted octanol–water partition coefficient (Wildman–Crippen LogP) is 3.88. The molecule has 1 fully saturated rings. The number of ketones is 1. The van der Waals surface area contributed by atoms with Gasteiger partial charge in [-0.15, -0.1) is 11.6 Å². The van der Waals surface area contributed by atoms with Crippen molar-refractivity contribution in [1.82, 2.24) is 0 Å². The van der Waals surface area contributed by atoms with Gasteiger partial charge in [-0.05, 0) is 37.1 Å². The van der Waals surface area contributed by atoms with Crippen LogP contribution < -0.4 is 4.90 Å². The highest BCUT2D eigenvalue weighted by atomic mass is 35.5. The smallest absolute Gasteiger partial charge is 0.183 e. The van der Waals surface area contributed by atoms with Crippen LogP contribution in [0.3, 0.4) is 0 Å². The van der Waals surface area contributed by atoms with Crippen molar-refractivity contribution in [2.45, 2.75) is 37.0 Å². The molecule has 18 heavy (non-hydrogen) atoms. The highest BCUT2D eigenvalue weighted by Crippen LogP contribution is 2.37. The number of anilines is 1. The van der Waals surface area contributed by atoms with Crippen molar-refractivity contribution >= 4 is 23.1 Å². The Balaban J connectivity index is 2.17. The van der Waals surface area contributed by atoms with E-state index in [1.165, 1.54) is 6.42 Å². The van der Waals surface area contributed by atoms with E-state index in [0.717, 1.165) is 36.9 Å². The van der Waals surface area contributed by atoms with Gasteiger partial charge in [0.25, 0.3) is 0 Å². The number of alkyl halides is 1. The van der Waals surface area contributed by atoms with Gasteiger partial charge in [0.15, 0.2) is 5.78 Å². The van der Waals surface area contributed by atoms with E-state index in [1.54, 1.807) is 0 Å². The van der Waals surface area contributed by atoms with E-state index in [2.05, 4.69) is 0 Å². The number of hydrogen-bond acceptors (Lipinski definition) is 2. The second-order valence-electron chi connectivity index (χ2n) is 5.30. The van der Waals surface area contributed by atoms with Crippen LogP contribution in [0.4, 0.5) is 5.69 Å². The first-order valence-electron chi connectivity index (χ1n) is 6.54. The molecule has 0 spiro atoms. The monoisotopic (exact) mass is 265 g/mol. The number of carbonyl (C=O) groups excluding carboxylic acids is 1. The molecule has 0 aromatic heterocycles. The third-order valence-corrected chi connectivity index (χ3v) is 4.25. The molecule has 0 bridgehead atoms. The number of benzene rings is 1. The zero-order chi connectivity index (χ0) is 13.2. The summed E-state index contributed by atoms with van der Waals surface area (Å²) in [4.78, 5) is 13.8. The lowest BCUT2D eigenvalue weighted by Gasteiger charge is -2.29. The van der Waals surface area contributed by atoms with Crippen molar-refractivity contribution in [2.75, 3.05) is 19.0 Å². The quantitative estimate of drug-likeness (QED) is 0.611. The molecule has 0 amide bonds. The number of carbonyl (C=O) groups is 1. The second-order valence-corrected chi connectivity index (χ2v) is 6.02. The topological polar surface area (TPSA) is 20.3 Å². The van der Waals surface area contributed by atoms with Crippen molar-refractivity contribution in [1.29, 1.82) is 0 Å². The maximum atomic E-state index is 12.5. The number of Topliss-reactive ketones (excluding diaryl/α,β-unsaturated/α-hetero) is 1. The van der Waals surface area contributed by atoms with Crippen LogP contribution in [0.15, 0.2) is 24.3 Å². The molecule has 2 rings (SSSR count). The number of rotatable bonds is 3. The number of hydrogen-bond donors (Lipinski definition) is 0. The second kappa shape index (κ2) is 5.31. The van der Waals surface area contributed by atoms with Gasteiger partial charge in [-0.25, -0.2) is 0 Å². The first-order chi connectivity index (χ1) is 8.53. The largest absolute Gasteiger partial charge is 0.378 e. The summed E-state index contributed by atoms with van der Waals surface area (Å²) in [6.07, 6.45) is 4.93.